The molecule has 0 aliphatic heterocycles. The van der Waals surface area contributed by atoms with Gasteiger partial charge in [-0.1, -0.05) is 11.6 Å². The molecular weight excluding hydrogens is 173 g/mol. The highest BCUT2D eigenvalue weighted by atomic mass is 35.5. The normalized spacial score (nSPS) is 9.73. The Morgan fingerprint density at radius 1 is 1.64 bits per heavy atom. The lowest BCUT2D eigenvalue weighted by Crippen LogP contribution is -2.25. The summed E-state index contributed by atoms with van der Waals surface area (Å²) < 4.78 is 17.5. The van der Waals surface area contributed by atoms with Crippen LogP contribution in [-0.2, 0) is 0 Å². The molecule has 0 amide bonds. The molecule has 60 valence electrons. The Hall–Kier alpha value is -1.03. The van der Waals surface area contributed by atoms with Crippen molar-refractivity contribution in [1.29, 1.82) is 0 Å². The van der Waals surface area contributed by atoms with Gasteiger partial charge in [-0.2, -0.15) is 9.12 Å². The van der Waals surface area contributed by atoms with Crippen LogP contribution in [0.5, 0.6) is 5.75 Å². The van der Waals surface area contributed by atoms with Crippen LogP contribution in [0, 0.1) is 11.0 Å². The Morgan fingerprint density at radius 2 is 2.27 bits per heavy atom. The Kier molecular flexibility index (Phi) is 2.14. The van der Waals surface area contributed by atoms with Gasteiger partial charge in [0.25, 0.3) is 0 Å². The van der Waals surface area contributed by atoms with Crippen LogP contribution in [0.1, 0.15) is 0 Å². The van der Waals surface area contributed by atoms with Gasteiger partial charge in [0.05, 0.1) is 7.11 Å². The van der Waals surface area contributed by atoms with E-state index in [1.165, 1.54) is 7.11 Å². The number of hydrogen-bond donors (Lipinski definition) is 0. The molecule has 0 atom stereocenters. The van der Waals surface area contributed by atoms with Crippen molar-refractivity contribution >= 4 is 11.6 Å². The lowest BCUT2D eigenvalue weighted by Gasteiger charge is -2.02. The Morgan fingerprint density at radius 3 is 2.82 bits per heavy atom. The van der Waals surface area contributed by atoms with E-state index in [1.807, 2.05) is 0 Å². The third kappa shape index (κ3) is 1.51. The molecule has 0 unspecified atom stereocenters. The highest BCUT2D eigenvalue weighted by Crippen LogP contribution is 2.23. The zero-order valence-electron chi connectivity index (χ0n) is 5.67. The second kappa shape index (κ2) is 2.92. The van der Waals surface area contributed by atoms with E-state index in [9.17, 15) is 9.60 Å². The molecule has 0 saturated carbocycles. The lowest BCUT2D eigenvalue weighted by molar-refractivity contribution is -0.607. The zero-order valence-corrected chi connectivity index (χ0v) is 6.43. The maximum Gasteiger partial charge on any atom is 0.224 e. The first-order chi connectivity index (χ1) is 5.15. The van der Waals surface area contributed by atoms with E-state index >= 15 is 0 Å². The second-order valence-corrected chi connectivity index (χ2v) is 2.23. The summed E-state index contributed by atoms with van der Waals surface area (Å²) >= 11 is 5.41. The third-order valence-corrected chi connectivity index (χ3v) is 1.50. The van der Waals surface area contributed by atoms with Gasteiger partial charge in [-0.15, -0.1) is 0 Å². The molecule has 0 N–H and O–H groups in total. The fourth-order valence-corrected chi connectivity index (χ4v) is 0.813. The first kappa shape index (κ1) is 8.07. The first-order valence-electron chi connectivity index (χ1n) is 2.77. The summed E-state index contributed by atoms with van der Waals surface area (Å²) in [6, 6.07) is 0. The van der Waals surface area contributed by atoms with Crippen molar-refractivity contribution < 1.29 is 13.9 Å². The van der Waals surface area contributed by atoms with Gasteiger partial charge < -0.3 is 9.94 Å². The SMILES string of the molecule is COc1c[n+]([O-])cc(F)c1Cl. The number of pyridine rings is 1. The molecule has 0 aromatic carbocycles. The molecule has 1 aromatic heterocycles. The zero-order chi connectivity index (χ0) is 8.43. The van der Waals surface area contributed by atoms with E-state index < -0.39 is 5.82 Å². The van der Waals surface area contributed by atoms with Crippen LogP contribution in [0.25, 0.3) is 0 Å². The van der Waals surface area contributed by atoms with Gasteiger partial charge in [0, 0.05) is 0 Å². The Labute approximate surface area is 67.6 Å². The molecule has 5 heteroatoms. The molecule has 0 spiro atoms. The topological polar surface area (TPSA) is 36.2 Å². The summed E-state index contributed by atoms with van der Waals surface area (Å²) in [6.07, 6.45) is 1.77. The van der Waals surface area contributed by atoms with Crippen molar-refractivity contribution in [3.8, 4) is 5.75 Å². The monoisotopic (exact) mass is 177 g/mol. The van der Waals surface area contributed by atoms with Gasteiger partial charge >= 0.3 is 0 Å². The van der Waals surface area contributed by atoms with Gasteiger partial charge in [-0.3, -0.25) is 0 Å². The molecule has 0 bridgehead atoms. The standard InChI is InChI=1S/C6H5ClFNO2/c1-11-5-3-9(10)2-4(8)6(5)7/h2-3H,1H3. The summed E-state index contributed by atoms with van der Waals surface area (Å²) in [4.78, 5) is 0. The minimum Gasteiger partial charge on any atom is -0.619 e. The molecule has 0 fully saturated rings. The number of nitrogens with zero attached hydrogens (tertiary/aromatic N) is 1. The van der Waals surface area contributed by atoms with Crippen molar-refractivity contribution in [2.75, 3.05) is 7.11 Å². The number of aromatic nitrogens is 1. The molecule has 1 heterocycles. The lowest BCUT2D eigenvalue weighted by atomic mass is 10.4. The fourth-order valence-electron chi connectivity index (χ4n) is 0.638. The van der Waals surface area contributed by atoms with Crippen molar-refractivity contribution in [1.82, 2.24) is 0 Å². The summed E-state index contributed by atoms with van der Waals surface area (Å²) in [6.45, 7) is 0. The molecule has 0 radical (unpaired) electrons. The van der Waals surface area contributed by atoms with Gasteiger partial charge in [0.2, 0.25) is 24.0 Å². The minimum atomic E-state index is -0.791. The highest BCUT2D eigenvalue weighted by Gasteiger charge is 2.11. The fraction of sp³-hybridized carbons (Fsp3) is 0.167. The number of hydrogen-bond acceptors (Lipinski definition) is 2. The van der Waals surface area contributed by atoms with Gasteiger partial charge in [-0.25, -0.2) is 0 Å². The van der Waals surface area contributed by atoms with Crippen LogP contribution in [0.4, 0.5) is 4.39 Å². The van der Waals surface area contributed by atoms with E-state index in [-0.39, 0.29) is 10.8 Å². The highest BCUT2D eigenvalue weighted by molar-refractivity contribution is 6.32. The van der Waals surface area contributed by atoms with Gasteiger partial charge in [-0.05, 0) is 0 Å². The van der Waals surface area contributed by atoms with E-state index in [0.29, 0.717) is 4.73 Å². The van der Waals surface area contributed by atoms with Crippen LogP contribution < -0.4 is 9.47 Å². The number of rotatable bonds is 1. The van der Waals surface area contributed by atoms with E-state index in [0.717, 1.165) is 12.4 Å². The van der Waals surface area contributed by atoms with Crippen LogP contribution in [-0.4, -0.2) is 7.11 Å². The minimum absolute atomic E-state index is 0.0293. The summed E-state index contributed by atoms with van der Waals surface area (Å²) in [5, 5.41) is 10.4. The molecule has 1 rings (SSSR count). The van der Waals surface area contributed by atoms with Gasteiger partial charge in [0.15, 0.2) is 0 Å². The third-order valence-electron chi connectivity index (χ3n) is 1.13. The van der Waals surface area contributed by atoms with E-state index in [2.05, 4.69) is 4.74 Å². The summed E-state index contributed by atoms with van der Waals surface area (Å²) in [5.74, 6) is -0.761. The maximum atomic E-state index is 12.6. The van der Waals surface area contributed by atoms with E-state index in [4.69, 9.17) is 11.6 Å². The number of ether oxygens (including phenoxy) is 1. The predicted octanol–water partition coefficient (Wildman–Crippen LogP) is 1.12. The smallest absolute Gasteiger partial charge is 0.224 e. The number of halogens is 2. The molecule has 0 aliphatic rings. The van der Waals surface area contributed by atoms with Crippen LogP contribution in [0.3, 0.4) is 0 Å². The van der Waals surface area contributed by atoms with Crippen molar-refractivity contribution in [3.05, 3.63) is 28.4 Å². The molecule has 0 saturated heterocycles. The average Bonchev–Trinajstić information content (AvgIpc) is 1.96. The van der Waals surface area contributed by atoms with Crippen LogP contribution in [0.15, 0.2) is 12.4 Å². The Balaban J connectivity index is 3.24. The van der Waals surface area contributed by atoms with Crippen molar-refractivity contribution in [3.63, 3.8) is 0 Å². The van der Waals surface area contributed by atoms with Crippen molar-refractivity contribution in [2.24, 2.45) is 0 Å². The quantitative estimate of drug-likeness (QED) is 0.476. The Bertz CT molecular complexity index is 280. The second-order valence-electron chi connectivity index (χ2n) is 1.85. The predicted molar refractivity (Wildman–Crippen MR) is 36.9 cm³/mol. The van der Waals surface area contributed by atoms with E-state index in [1.54, 1.807) is 0 Å². The largest absolute Gasteiger partial charge is 0.619 e. The molecule has 11 heavy (non-hydrogen) atoms. The van der Waals surface area contributed by atoms with Gasteiger partial charge in [0.1, 0.15) is 5.02 Å². The average molecular weight is 178 g/mol. The van der Waals surface area contributed by atoms with Crippen LogP contribution in [0.2, 0.25) is 5.02 Å². The summed E-state index contributed by atoms with van der Waals surface area (Å²) in [7, 11) is 1.31. The molecule has 0 aliphatic carbocycles. The molecule has 1 aromatic rings. The van der Waals surface area contributed by atoms with Crippen molar-refractivity contribution in [2.45, 2.75) is 0 Å². The molecular formula is C6H5ClFNO2. The molecule has 3 nitrogen and oxygen atoms in total. The summed E-state index contributed by atoms with van der Waals surface area (Å²) in [5.41, 5.74) is 0. The maximum absolute atomic E-state index is 12.6. The van der Waals surface area contributed by atoms with Crippen LogP contribution >= 0.6 is 11.6 Å². The number of methoxy groups -OCH3 is 1. The first-order valence-corrected chi connectivity index (χ1v) is 3.14.